The average molecular weight is 466 g/mol. The first-order chi connectivity index (χ1) is 16.1. The molecule has 1 unspecified atom stereocenters. The molecule has 9 nitrogen and oxygen atoms in total. The monoisotopic (exact) mass is 465 g/mol. The van der Waals surface area contributed by atoms with Gasteiger partial charge in [0.15, 0.2) is 0 Å². The standard InChI is InChI=1S/C22H33F2N7O2/c1-5-18-20(25-4)28-22(29-21(18)33-6-2)27-19-11-26-31(15(19)3)16(10-24)12-30(9-7-8-23)17-13-32-14-17/h5,11,16-17H,1,6-10,12-14H2,2-4H3,(H2,25,27,28,29). The normalized spacial score (nSPS) is 14.7. The molecule has 3 rings (SSSR count). The van der Waals surface area contributed by atoms with Crippen LogP contribution in [0.5, 0.6) is 5.88 Å². The third-order valence-corrected chi connectivity index (χ3v) is 5.61. The Kier molecular flexibility index (Phi) is 8.95. The Hall–Kier alpha value is -2.79. The summed E-state index contributed by atoms with van der Waals surface area (Å²) in [6.45, 7) is 9.15. The van der Waals surface area contributed by atoms with Crippen LogP contribution >= 0.6 is 0 Å². The zero-order chi connectivity index (χ0) is 23.8. The number of hydrogen-bond acceptors (Lipinski definition) is 8. The van der Waals surface area contributed by atoms with Crippen molar-refractivity contribution in [2.24, 2.45) is 0 Å². The van der Waals surface area contributed by atoms with Crippen molar-refractivity contribution >= 4 is 23.5 Å². The van der Waals surface area contributed by atoms with Crippen LogP contribution in [-0.2, 0) is 4.74 Å². The highest BCUT2D eigenvalue weighted by atomic mass is 19.1. The van der Waals surface area contributed by atoms with Gasteiger partial charge in [-0.15, -0.1) is 0 Å². The van der Waals surface area contributed by atoms with Crippen LogP contribution in [0.2, 0.25) is 0 Å². The summed E-state index contributed by atoms with van der Waals surface area (Å²) in [6.07, 6.45) is 3.67. The summed E-state index contributed by atoms with van der Waals surface area (Å²) in [6, 6.07) is -0.315. The van der Waals surface area contributed by atoms with Gasteiger partial charge in [0.25, 0.3) is 0 Å². The third kappa shape index (κ3) is 5.77. The molecule has 0 bridgehead atoms. The van der Waals surface area contributed by atoms with E-state index in [1.807, 2.05) is 13.8 Å². The highest BCUT2D eigenvalue weighted by molar-refractivity contribution is 5.69. The Labute approximate surface area is 193 Å². The lowest BCUT2D eigenvalue weighted by Gasteiger charge is -2.38. The van der Waals surface area contributed by atoms with Crippen molar-refractivity contribution in [1.29, 1.82) is 0 Å². The van der Waals surface area contributed by atoms with Gasteiger partial charge in [0.2, 0.25) is 11.8 Å². The fraction of sp³-hybridized carbons (Fsp3) is 0.591. The largest absolute Gasteiger partial charge is 0.477 e. The number of anilines is 3. The molecule has 2 N–H and O–H groups in total. The van der Waals surface area contributed by atoms with E-state index in [2.05, 4.69) is 37.2 Å². The summed E-state index contributed by atoms with van der Waals surface area (Å²) >= 11 is 0. The molecule has 1 atom stereocenters. The minimum absolute atomic E-state index is 0.188. The van der Waals surface area contributed by atoms with Crippen LogP contribution < -0.4 is 15.4 Å². The predicted molar refractivity (Wildman–Crippen MR) is 125 cm³/mol. The van der Waals surface area contributed by atoms with E-state index in [0.29, 0.717) is 68.2 Å². The van der Waals surface area contributed by atoms with E-state index >= 15 is 0 Å². The number of ether oxygens (including phenoxy) is 2. The van der Waals surface area contributed by atoms with Crippen molar-refractivity contribution in [3.8, 4) is 5.88 Å². The van der Waals surface area contributed by atoms with Gasteiger partial charge < -0.3 is 20.1 Å². The van der Waals surface area contributed by atoms with Gasteiger partial charge >= 0.3 is 0 Å². The zero-order valence-electron chi connectivity index (χ0n) is 19.5. The van der Waals surface area contributed by atoms with Gasteiger partial charge in [0, 0.05) is 20.1 Å². The van der Waals surface area contributed by atoms with E-state index in [9.17, 15) is 8.78 Å². The fourth-order valence-electron chi connectivity index (χ4n) is 3.74. The molecule has 0 saturated carbocycles. The second-order valence-corrected chi connectivity index (χ2v) is 7.75. The van der Waals surface area contributed by atoms with Gasteiger partial charge in [-0.3, -0.25) is 14.0 Å². The first-order valence-electron chi connectivity index (χ1n) is 11.2. The number of alkyl halides is 2. The molecule has 11 heteroatoms. The highest BCUT2D eigenvalue weighted by Crippen LogP contribution is 2.29. The van der Waals surface area contributed by atoms with Crippen molar-refractivity contribution in [2.45, 2.75) is 32.4 Å². The second-order valence-electron chi connectivity index (χ2n) is 7.75. The maximum absolute atomic E-state index is 14.1. The number of rotatable bonds is 14. The minimum atomic E-state index is -0.593. The van der Waals surface area contributed by atoms with E-state index < -0.39 is 19.4 Å². The first kappa shape index (κ1) is 24.8. The van der Waals surface area contributed by atoms with Gasteiger partial charge in [0.1, 0.15) is 12.5 Å². The Morgan fingerprint density at radius 1 is 1.39 bits per heavy atom. The summed E-state index contributed by atoms with van der Waals surface area (Å²) in [7, 11) is 1.76. The Balaban J connectivity index is 1.80. The van der Waals surface area contributed by atoms with Gasteiger partial charge in [-0.1, -0.05) is 12.7 Å². The van der Waals surface area contributed by atoms with Crippen LogP contribution in [0.25, 0.3) is 6.08 Å². The van der Waals surface area contributed by atoms with Crippen LogP contribution in [0.15, 0.2) is 12.8 Å². The van der Waals surface area contributed by atoms with Crippen molar-refractivity contribution < 1.29 is 18.3 Å². The molecule has 0 spiro atoms. The third-order valence-electron chi connectivity index (χ3n) is 5.61. The van der Waals surface area contributed by atoms with Gasteiger partial charge in [-0.25, -0.2) is 4.39 Å². The van der Waals surface area contributed by atoms with Gasteiger partial charge in [-0.05, 0) is 20.3 Å². The number of nitrogens with zero attached hydrogens (tertiary/aromatic N) is 5. The van der Waals surface area contributed by atoms with E-state index in [1.165, 1.54) is 0 Å². The molecule has 0 aliphatic carbocycles. The summed E-state index contributed by atoms with van der Waals surface area (Å²) in [5, 5.41) is 10.6. The van der Waals surface area contributed by atoms with Crippen LogP contribution in [0.3, 0.4) is 0 Å². The van der Waals surface area contributed by atoms with Crippen molar-refractivity contribution in [3.63, 3.8) is 0 Å². The predicted octanol–water partition coefficient (Wildman–Crippen LogP) is 3.38. The lowest BCUT2D eigenvalue weighted by molar-refractivity contribution is -0.0701. The average Bonchev–Trinajstić information content (AvgIpc) is 3.13. The molecule has 33 heavy (non-hydrogen) atoms. The van der Waals surface area contributed by atoms with E-state index in [-0.39, 0.29) is 6.04 Å². The van der Waals surface area contributed by atoms with Gasteiger partial charge in [-0.2, -0.15) is 15.1 Å². The Bertz CT molecular complexity index is 920. The Morgan fingerprint density at radius 2 is 2.18 bits per heavy atom. The van der Waals surface area contributed by atoms with E-state index in [0.717, 1.165) is 5.69 Å². The molecule has 2 aromatic rings. The lowest BCUT2D eigenvalue weighted by atomic mass is 10.1. The minimum Gasteiger partial charge on any atom is -0.477 e. The molecule has 2 aromatic heterocycles. The highest BCUT2D eigenvalue weighted by Gasteiger charge is 2.29. The second kappa shape index (κ2) is 11.9. The number of halogens is 2. The Morgan fingerprint density at radius 3 is 2.76 bits per heavy atom. The lowest BCUT2D eigenvalue weighted by Crippen LogP contribution is -2.51. The number of nitrogens with one attached hydrogen (secondary N) is 2. The molecular formula is C22H33F2N7O2. The van der Waals surface area contributed by atoms with Crippen LogP contribution in [-0.4, -0.2) is 84.0 Å². The van der Waals surface area contributed by atoms with E-state index in [4.69, 9.17) is 9.47 Å². The molecule has 0 radical (unpaired) electrons. The molecule has 3 heterocycles. The molecule has 182 valence electrons. The smallest absolute Gasteiger partial charge is 0.232 e. The molecule has 0 aromatic carbocycles. The topological polar surface area (TPSA) is 89.4 Å². The number of aromatic nitrogens is 4. The summed E-state index contributed by atoms with van der Waals surface area (Å²) in [5.74, 6) is 1.31. The number of hydrogen-bond donors (Lipinski definition) is 2. The van der Waals surface area contributed by atoms with Crippen LogP contribution in [0, 0.1) is 6.92 Å². The maximum Gasteiger partial charge on any atom is 0.232 e. The zero-order valence-corrected chi connectivity index (χ0v) is 19.5. The molecule has 1 aliphatic rings. The maximum atomic E-state index is 14.1. The fourth-order valence-corrected chi connectivity index (χ4v) is 3.74. The summed E-state index contributed by atoms with van der Waals surface area (Å²) < 4.78 is 39.4. The SMILES string of the molecule is C=Cc1c(NC)nc(Nc2cnn(C(CF)CN(CCCF)C3COC3)c2C)nc1OCC. The molecular weight excluding hydrogens is 432 g/mol. The molecule has 1 fully saturated rings. The molecule has 0 amide bonds. The van der Waals surface area contributed by atoms with Crippen molar-refractivity contribution in [1.82, 2.24) is 24.6 Å². The van der Waals surface area contributed by atoms with Crippen molar-refractivity contribution in [2.75, 3.05) is 63.9 Å². The van der Waals surface area contributed by atoms with Crippen LogP contribution in [0.1, 0.15) is 30.6 Å². The first-order valence-corrected chi connectivity index (χ1v) is 11.2. The van der Waals surface area contributed by atoms with E-state index in [1.54, 1.807) is 24.0 Å². The summed E-state index contributed by atoms with van der Waals surface area (Å²) in [5.41, 5.74) is 2.07. The quantitative estimate of drug-likeness (QED) is 0.439. The summed E-state index contributed by atoms with van der Waals surface area (Å²) in [4.78, 5) is 11.0. The van der Waals surface area contributed by atoms with Crippen LogP contribution in [0.4, 0.5) is 26.2 Å². The molecule has 1 saturated heterocycles. The van der Waals surface area contributed by atoms with Crippen molar-refractivity contribution in [3.05, 3.63) is 24.0 Å². The molecule has 1 aliphatic heterocycles. The van der Waals surface area contributed by atoms with Gasteiger partial charge in [0.05, 0.1) is 61.7 Å².